The summed E-state index contributed by atoms with van der Waals surface area (Å²) < 4.78 is 5.54. The molecule has 0 aromatic carbocycles. The van der Waals surface area contributed by atoms with E-state index in [0.717, 1.165) is 25.9 Å². The van der Waals surface area contributed by atoms with Crippen molar-refractivity contribution < 1.29 is 4.74 Å². The van der Waals surface area contributed by atoms with Crippen LogP contribution in [0.2, 0.25) is 5.15 Å². The zero-order chi connectivity index (χ0) is 12.5. The van der Waals surface area contributed by atoms with Crippen LogP contribution in [0, 0.1) is 0 Å². The van der Waals surface area contributed by atoms with Gasteiger partial charge < -0.3 is 15.4 Å². The quantitative estimate of drug-likeness (QED) is 0.817. The van der Waals surface area contributed by atoms with Gasteiger partial charge in [0.05, 0.1) is 5.60 Å². The molecule has 0 saturated carbocycles. The highest BCUT2D eigenvalue weighted by molar-refractivity contribution is 6.32. The number of rotatable bonds is 2. The van der Waals surface area contributed by atoms with Gasteiger partial charge in [-0.05, 0) is 19.8 Å². The predicted octanol–water partition coefficient (Wildman–Crippen LogP) is 1.72. The minimum atomic E-state index is -0.151. The maximum absolute atomic E-state index is 5.90. The number of hydrogen-bond acceptors (Lipinski definition) is 5. The fraction of sp³-hybridized carbons (Fsp3) is 0.636. The van der Waals surface area contributed by atoms with Gasteiger partial charge in [-0.2, -0.15) is 0 Å². The van der Waals surface area contributed by atoms with Crippen LogP contribution in [0.25, 0.3) is 0 Å². The van der Waals surface area contributed by atoms with Crippen molar-refractivity contribution in [3.63, 3.8) is 0 Å². The summed E-state index contributed by atoms with van der Waals surface area (Å²) in [4.78, 5) is 10.2. The number of nitrogens with two attached hydrogens (primary N) is 1. The fourth-order valence-electron chi connectivity index (χ4n) is 2.17. The number of piperidine rings is 1. The lowest BCUT2D eigenvalue weighted by atomic mass is 9.95. The third-order valence-electron chi connectivity index (χ3n) is 3.27. The highest BCUT2D eigenvalue weighted by Crippen LogP contribution is 2.31. The molecule has 1 aliphatic rings. The summed E-state index contributed by atoms with van der Waals surface area (Å²) in [5, 5.41) is 0.305. The monoisotopic (exact) mass is 256 g/mol. The van der Waals surface area contributed by atoms with Gasteiger partial charge in [0.1, 0.15) is 12.0 Å². The molecule has 17 heavy (non-hydrogen) atoms. The molecule has 0 bridgehead atoms. The molecule has 0 amide bonds. The molecule has 1 aromatic heterocycles. The third kappa shape index (κ3) is 2.45. The van der Waals surface area contributed by atoms with Gasteiger partial charge in [0.15, 0.2) is 11.0 Å². The normalized spacial score (nSPS) is 25.0. The molecule has 0 aliphatic carbocycles. The minimum absolute atomic E-state index is 0.151. The van der Waals surface area contributed by atoms with Gasteiger partial charge in [0.2, 0.25) is 0 Å². The van der Waals surface area contributed by atoms with E-state index in [2.05, 4.69) is 21.8 Å². The van der Waals surface area contributed by atoms with E-state index >= 15 is 0 Å². The maximum atomic E-state index is 5.90. The summed E-state index contributed by atoms with van der Waals surface area (Å²) in [7, 11) is 1.74. The van der Waals surface area contributed by atoms with E-state index in [1.54, 1.807) is 7.11 Å². The molecule has 2 N–H and O–H groups in total. The first-order valence-electron chi connectivity index (χ1n) is 5.62. The number of halogens is 1. The number of hydrogen-bond donors (Lipinski definition) is 1. The molecule has 5 nitrogen and oxygen atoms in total. The molecule has 1 fully saturated rings. The Hall–Kier alpha value is -1.07. The first kappa shape index (κ1) is 12.4. The Balaban J connectivity index is 2.25. The van der Waals surface area contributed by atoms with Crippen LogP contribution in [0.4, 0.5) is 11.5 Å². The van der Waals surface area contributed by atoms with Gasteiger partial charge in [0.25, 0.3) is 0 Å². The molecule has 0 spiro atoms. The molecule has 6 heteroatoms. The van der Waals surface area contributed by atoms with Crippen LogP contribution in [0.15, 0.2) is 6.33 Å². The van der Waals surface area contributed by atoms with E-state index in [9.17, 15) is 0 Å². The molecule has 0 radical (unpaired) electrons. The number of aromatic nitrogens is 2. The summed E-state index contributed by atoms with van der Waals surface area (Å²) in [6.45, 7) is 3.77. The third-order valence-corrected chi connectivity index (χ3v) is 3.57. The predicted molar refractivity (Wildman–Crippen MR) is 68.3 cm³/mol. The van der Waals surface area contributed by atoms with Gasteiger partial charge in [-0.3, -0.25) is 0 Å². The van der Waals surface area contributed by atoms with E-state index < -0.39 is 0 Å². The van der Waals surface area contributed by atoms with Crippen LogP contribution >= 0.6 is 11.6 Å². The van der Waals surface area contributed by atoms with Gasteiger partial charge in [0, 0.05) is 20.2 Å². The molecular formula is C11H17ClN4O. The van der Waals surface area contributed by atoms with Crippen molar-refractivity contribution in [3.8, 4) is 0 Å². The average Bonchev–Trinajstić information content (AvgIpc) is 2.33. The minimum Gasteiger partial charge on any atom is -0.393 e. The lowest BCUT2D eigenvalue weighted by molar-refractivity contribution is -0.00478. The van der Waals surface area contributed by atoms with E-state index in [1.165, 1.54) is 6.33 Å². The van der Waals surface area contributed by atoms with Gasteiger partial charge in [-0.15, -0.1) is 0 Å². The second-order valence-electron chi connectivity index (χ2n) is 4.58. The van der Waals surface area contributed by atoms with E-state index in [0.29, 0.717) is 16.7 Å². The van der Waals surface area contributed by atoms with Crippen molar-refractivity contribution in [3.05, 3.63) is 11.5 Å². The lowest BCUT2D eigenvalue weighted by Gasteiger charge is -2.40. The first-order valence-corrected chi connectivity index (χ1v) is 5.99. The number of nitrogen functional groups attached to an aromatic ring is 1. The van der Waals surface area contributed by atoms with Crippen LogP contribution in [-0.2, 0) is 4.74 Å². The zero-order valence-electron chi connectivity index (χ0n) is 10.1. The second kappa shape index (κ2) is 4.66. The van der Waals surface area contributed by atoms with Crippen LogP contribution in [0.1, 0.15) is 19.8 Å². The average molecular weight is 257 g/mol. The number of anilines is 2. The highest BCUT2D eigenvalue weighted by atomic mass is 35.5. The molecule has 1 aliphatic heterocycles. The Kier molecular flexibility index (Phi) is 3.40. The smallest absolute Gasteiger partial charge is 0.157 e. The Morgan fingerprint density at radius 1 is 1.53 bits per heavy atom. The Morgan fingerprint density at radius 2 is 2.29 bits per heavy atom. The largest absolute Gasteiger partial charge is 0.393 e. The summed E-state index contributed by atoms with van der Waals surface area (Å²) in [5.74, 6) is 0.702. The molecule has 1 unspecified atom stereocenters. The number of methoxy groups -OCH3 is 1. The maximum Gasteiger partial charge on any atom is 0.157 e. The molecule has 2 rings (SSSR count). The van der Waals surface area contributed by atoms with Crippen LogP contribution in [-0.4, -0.2) is 35.8 Å². The van der Waals surface area contributed by atoms with E-state index in [4.69, 9.17) is 22.1 Å². The Morgan fingerprint density at radius 3 is 3.00 bits per heavy atom. The second-order valence-corrected chi connectivity index (χ2v) is 4.94. The topological polar surface area (TPSA) is 64.3 Å². The van der Waals surface area contributed by atoms with E-state index in [1.807, 2.05) is 0 Å². The molecule has 1 aromatic rings. The fourth-order valence-corrected chi connectivity index (χ4v) is 2.30. The van der Waals surface area contributed by atoms with Crippen LogP contribution < -0.4 is 10.6 Å². The summed E-state index contributed by atoms with van der Waals surface area (Å²) >= 11 is 5.90. The van der Waals surface area contributed by atoms with Gasteiger partial charge in [-0.1, -0.05) is 11.6 Å². The van der Waals surface area contributed by atoms with Crippen molar-refractivity contribution >= 4 is 23.1 Å². The van der Waals surface area contributed by atoms with Crippen molar-refractivity contribution in [2.24, 2.45) is 0 Å². The van der Waals surface area contributed by atoms with E-state index in [-0.39, 0.29) is 5.60 Å². The first-order chi connectivity index (χ1) is 8.06. The highest BCUT2D eigenvalue weighted by Gasteiger charge is 2.32. The zero-order valence-corrected chi connectivity index (χ0v) is 10.9. The summed E-state index contributed by atoms with van der Waals surface area (Å²) in [6.07, 6.45) is 3.52. The van der Waals surface area contributed by atoms with Gasteiger partial charge >= 0.3 is 0 Å². The van der Waals surface area contributed by atoms with Gasteiger partial charge in [-0.25, -0.2) is 9.97 Å². The van der Waals surface area contributed by atoms with Crippen LogP contribution in [0.5, 0.6) is 0 Å². The standard InChI is InChI=1S/C11H17ClN4O/c1-11(17-2)4-3-5-16(6-11)10-8(13)9(12)14-7-15-10/h7H,3-6,13H2,1-2H3. The molecular weight excluding hydrogens is 240 g/mol. The molecule has 2 heterocycles. The summed E-state index contributed by atoms with van der Waals surface area (Å²) in [6, 6.07) is 0. The Labute approximate surface area is 106 Å². The van der Waals surface area contributed by atoms with Crippen molar-refractivity contribution in [2.45, 2.75) is 25.4 Å². The Bertz CT molecular complexity index is 414. The van der Waals surface area contributed by atoms with Crippen LogP contribution in [0.3, 0.4) is 0 Å². The van der Waals surface area contributed by atoms with Crippen molar-refractivity contribution in [1.82, 2.24) is 9.97 Å². The number of nitrogens with zero attached hydrogens (tertiary/aromatic N) is 3. The summed E-state index contributed by atoms with van der Waals surface area (Å²) in [5.41, 5.74) is 6.19. The number of ether oxygens (including phenoxy) is 1. The van der Waals surface area contributed by atoms with Crippen molar-refractivity contribution in [1.29, 1.82) is 0 Å². The molecule has 1 saturated heterocycles. The molecule has 1 atom stereocenters. The molecule has 94 valence electrons. The SMILES string of the molecule is COC1(C)CCCN(c2ncnc(Cl)c2N)C1. The van der Waals surface area contributed by atoms with Crippen molar-refractivity contribution in [2.75, 3.05) is 30.8 Å². The lowest BCUT2D eigenvalue weighted by Crippen LogP contribution is -2.48.